The first-order chi connectivity index (χ1) is 32.4. The first kappa shape index (κ1) is 63.3. The molecule has 0 spiro atoms. The van der Waals surface area contributed by atoms with Crippen molar-refractivity contribution in [3.63, 3.8) is 0 Å². The van der Waals surface area contributed by atoms with Crippen LogP contribution in [0.5, 0.6) is 0 Å². The Hall–Kier alpha value is -1.72. The molecule has 1 amide bonds. The van der Waals surface area contributed by atoms with Gasteiger partial charge in [-0.1, -0.05) is 224 Å². The van der Waals surface area contributed by atoms with Crippen molar-refractivity contribution < 1.29 is 57.0 Å². The quantitative estimate of drug-likeness (QED) is 0.0173. The van der Waals surface area contributed by atoms with Gasteiger partial charge in [-0.15, -0.1) is 0 Å². The highest BCUT2D eigenvalue weighted by atomic mass is 32.3. The van der Waals surface area contributed by atoms with Crippen LogP contribution in [-0.4, -0.2) is 107 Å². The molecule has 1 aliphatic heterocycles. The third-order valence-corrected chi connectivity index (χ3v) is 13.2. The number of carbonyl (C=O) groups is 1. The monoisotopic (exact) mass is 974 g/mol. The van der Waals surface area contributed by atoms with Gasteiger partial charge in [-0.3, -0.25) is 9.35 Å². The minimum absolute atomic E-state index is 0.237. The summed E-state index contributed by atoms with van der Waals surface area (Å²) < 4.78 is 47.6. The number of unbranched alkanes of at least 4 members (excludes halogenated alkanes) is 29. The number of rotatable bonds is 46. The lowest BCUT2D eigenvalue weighted by molar-refractivity contribution is -0.298. The Morgan fingerprint density at radius 3 is 1.43 bits per heavy atom. The standard InChI is InChI=1S/C53H99NO12S/c1-3-5-7-9-11-13-15-17-19-21-23-24-26-28-30-32-34-36-38-40-42-47(57)52(60)54-45(44-64-53-50(59)51(66-67(61,62)63)49(58)48(43-55)65-53)46(56)41-39-37-35-33-31-29-27-25-22-20-18-16-14-12-10-8-6-4-2/h22,25,31,33,39,41,45-51,53,55-59H,3-21,23-24,26-30,32,34-38,40,42-44H2,1-2H3,(H,54,60)(H,61,62,63)/b25-22+,33-31+,41-39+. The van der Waals surface area contributed by atoms with E-state index in [1.807, 2.05) is 0 Å². The van der Waals surface area contributed by atoms with E-state index in [-0.39, 0.29) is 6.42 Å². The minimum Gasteiger partial charge on any atom is -0.394 e. The maximum absolute atomic E-state index is 13.2. The average Bonchev–Trinajstić information content (AvgIpc) is 3.30. The molecule has 67 heavy (non-hydrogen) atoms. The van der Waals surface area contributed by atoms with E-state index in [0.717, 1.165) is 44.9 Å². The van der Waals surface area contributed by atoms with Crippen molar-refractivity contribution in [1.29, 1.82) is 0 Å². The summed E-state index contributed by atoms with van der Waals surface area (Å²) in [6, 6.07) is -1.14. The molecule has 1 fully saturated rings. The number of aliphatic hydroxyl groups is 5. The van der Waals surface area contributed by atoms with Crippen LogP contribution in [0.15, 0.2) is 36.5 Å². The first-order valence-electron chi connectivity index (χ1n) is 27.0. The van der Waals surface area contributed by atoms with Crippen LogP contribution >= 0.6 is 0 Å². The predicted molar refractivity (Wildman–Crippen MR) is 270 cm³/mol. The number of ether oxygens (including phenoxy) is 2. The lowest BCUT2D eigenvalue weighted by Crippen LogP contribution is -2.61. The highest BCUT2D eigenvalue weighted by Crippen LogP contribution is 2.26. The van der Waals surface area contributed by atoms with E-state index >= 15 is 0 Å². The SMILES string of the molecule is CCCCCCCCCC/C=C/CC/C=C/CC/C=C/C(O)C(COC1OC(CO)C(O)C(OS(=O)(=O)O)C1O)NC(=O)C(O)CCCCCCCCCCCCCCCCCCCCCC. The molecule has 0 aromatic heterocycles. The molecule has 0 aromatic rings. The number of carbonyl (C=O) groups excluding carboxylic acids is 1. The molecule has 394 valence electrons. The summed E-state index contributed by atoms with van der Waals surface area (Å²) >= 11 is 0. The molecule has 13 nitrogen and oxygen atoms in total. The summed E-state index contributed by atoms with van der Waals surface area (Å²) in [6.45, 7) is 3.22. The fraction of sp³-hybridized carbons (Fsp3) is 0.868. The molecule has 14 heteroatoms. The Balaban J connectivity index is 2.51. The van der Waals surface area contributed by atoms with Crippen molar-refractivity contribution >= 4 is 16.3 Å². The zero-order valence-electron chi connectivity index (χ0n) is 42.1. The Morgan fingerprint density at radius 2 is 1.00 bits per heavy atom. The minimum atomic E-state index is -5.13. The molecule has 1 aliphatic rings. The molecule has 8 unspecified atom stereocenters. The topological polar surface area (TPSA) is 212 Å². The van der Waals surface area contributed by atoms with Crippen LogP contribution in [0, 0.1) is 0 Å². The first-order valence-corrected chi connectivity index (χ1v) is 28.3. The van der Waals surface area contributed by atoms with E-state index in [4.69, 9.17) is 9.47 Å². The number of allylic oxidation sites excluding steroid dienone is 5. The zero-order valence-corrected chi connectivity index (χ0v) is 42.9. The van der Waals surface area contributed by atoms with E-state index < -0.39 is 78.5 Å². The fourth-order valence-electron chi connectivity index (χ4n) is 8.49. The van der Waals surface area contributed by atoms with Crippen molar-refractivity contribution in [3.05, 3.63) is 36.5 Å². The molecule has 0 bridgehead atoms. The molecule has 0 aliphatic carbocycles. The third-order valence-electron chi connectivity index (χ3n) is 12.8. The number of nitrogens with one attached hydrogen (secondary N) is 1. The van der Waals surface area contributed by atoms with Gasteiger partial charge in [0.05, 0.1) is 25.4 Å². The van der Waals surface area contributed by atoms with Gasteiger partial charge in [-0.05, 0) is 44.9 Å². The van der Waals surface area contributed by atoms with Crippen LogP contribution < -0.4 is 5.32 Å². The van der Waals surface area contributed by atoms with Gasteiger partial charge in [0, 0.05) is 0 Å². The van der Waals surface area contributed by atoms with Gasteiger partial charge in [-0.2, -0.15) is 8.42 Å². The largest absolute Gasteiger partial charge is 0.397 e. The lowest BCUT2D eigenvalue weighted by Gasteiger charge is -2.41. The van der Waals surface area contributed by atoms with Gasteiger partial charge < -0.3 is 40.3 Å². The van der Waals surface area contributed by atoms with E-state index in [1.165, 1.54) is 160 Å². The van der Waals surface area contributed by atoms with Gasteiger partial charge in [0.25, 0.3) is 0 Å². The van der Waals surface area contributed by atoms with Crippen molar-refractivity contribution in [3.8, 4) is 0 Å². The smallest absolute Gasteiger partial charge is 0.394 e. The van der Waals surface area contributed by atoms with Crippen LogP contribution in [0.25, 0.3) is 0 Å². The van der Waals surface area contributed by atoms with Crippen LogP contribution in [0.3, 0.4) is 0 Å². The van der Waals surface area contributed by atoms with Crippen molar-refractivity contribution in [2.75, 3.05) is 13.2 Å². The summed E-state index contributed by atoms with van der Waals surface area (Å²) in [5.41, 5.74) is 0. The Labute approximate surface area is 408 Å². The fourth-order valence-corrected chi connectivity index (χ4v) is 9.00. The molecule has 0 saturated carbocycles. The Bertz CT molecular complexity index is 1350. The van der Waals surface area contributed by atoms with Gasteiger partial charge in [0.1, 0.15) is 30.5 Å². The van der Waals surface area contributed by atoms with E-state index in [2.05, 4.69) is 47.7 Å². The second kappa shape index (κ2) is 43.1. The zero-order chi connectivity index (χ0) is 49.2. The molecule has 0 aromatic carbocycles. The van der Waals surface area contributed by atoms with E-state index in [1.54, 1.807) is 6.08 Å². The second-order valence-corrected chi connectivity index (χ2v) is 20.0. The number of hydrogen-bond donors (Lipinski definition) is 7. The van der Waals surface area contributed by atoms with Crippen LogP contribution in [0.1, 0.15) is 232 Å². The average molecular weight is 974 g/mol. The third kappa shape index (κ3) is 35.1. The van der Waals surface area contributed by atoms with E-state index in [9.17, 15) is 43.3 Å². The summed E-state index contributed by atoms with van der Waals surface area (Å²) in [5, 5.41) is 55.4. The van der Waals surface area contributed by atoms with Crippen LogP contribution in [-0.2, 0) is 28.9 Å². The van der Waals surface area contributed by atoms with Gasteiger partial charge in [0.15, 0.2) is 6.29 Å². The van der Waals surface area contributed by atoms with Crippen molar-refractivity contribution in [2.45, 2.75) is 281 Å². The van der Waals surface area contributed by atoms with Crippen molar-refractivity contribution in [1.82, 2.24) is 5.32 Å². The number of amides is 1. The van der Waals surface area contributed by atoms with Gasteiger partial charge in [-0.25, -0.2) is 4.18 Å². The molecule has 1 heterocycles. The van der Waals surface area contributed by atoms with Gasteiger partial charge in [0.2, 0.25) is 5.91 Å². The van der Waals surface area contributed by atoms with E-state index in [0.29, 0.717) is 12.8 Å². The summed E-state index contributed by atoms with van der Waals surface area (Å²) in [4.78, 5) is 13.2. The highest BCUT2D eigenvalue weighted by molar-refractivity contribution is 7.80. The van der Waals surface area contributed by atoms with Crippen LogP contribution in [0.4, 0.5) is 0 Å². The normalized spacial score (nSPS) is 20.6. The molecule has 8 atom stereocenters. The maximum Gasteiger partial charge on any atom is 0.397 e. The molecular weight excluding hydrogens is 875 g/mol. The summed E-state index contributed by atoms with van der Waals surface area (Å²) in [7, 11) is -5.13. The molecule has 7 N–H and O–H groups in total. The Morgan fingerprint density at radius 1 is 0.597 bits per heavy atom. The van der Waals surface area contributed by atoms with Gasteiger partial charge >= 0.3 is 10.4 Å². The maximum atomic E-state index is 13.2. The molecule has 1 rings (SSSR count). The van der Waals surface area contributed by atoms with Crippen LogP contribution in [0.2, 0.25) is 0 Å². The predicted octanol–water partition coefficient (Wildman–Crippen LogP) is 10.8. The number of hydrogen-bond acceptors (Lipinski definition) is 11. The molecular formula is C53H99NO12S. The Kier molecular flexibility index (Phi) is 40.7. The second-order valence-electron chi connectivity index (χ2n) is 18.9. The molecule has 0 radical (unpaired) electrons. The highest BCUT2D eigenvalue weighted by Gasteiger charge is 2.48. The lowest BCUT2D eigenvalue weighted by atomic mass is 9.99. The summed E-state index contributed by atoms with van der Waals surface area (Å²) in [6.07, 6.45) is 40.8. The number of aliphatic hydroxyl groups excluding tert-OH is 5. The van der Waals surface area contributed by atoms with Crippen molar-refractivity contribution in [2.24, 2.45) is 0 Å². The molecule has 1 saturated heterocycles. The summed E-state index contributed by atoms with van der Waals surface area (Å²) in [5.74, 6) is -0.713.